The SMILES string of the molecule is CS(=O)(=O)C1(CN2C(=O)Cn3c(=O)c(C(=O)NCc4ccc(C#N)cc4)cc4ccnc2c43)CC1. The highest BCUT2D eigenvalue weighted by Gasteiger charge is 2.54. The Morgan fingerprint density at radius 3 is 2.54 bits per heavy atom. The van der Waals surface area contributed by atoms with Crippen molar-refractivity contribution >= 4 is 38.4 Å². The number of amides is 2. The van der Waals surface area contributed by atoms with Crippen LogP contribution in [0.5, 0.6) is 0 Å². The quantitative estimate of drug-likeness (QED) is 0.544. The first-order valence-corrected chi connectivity index (χ1v) is 12.8. The van der Waals surface area contributed by atoms with Crippen LogP contribution in [-0.4, -0.2) is 47.3 Å². The molecule has 1 saturated carbocycles. The van der Waals surface area contributed by atoms with Crippen LogP contribution in [0.15, 0.2) is 47.4 Å². The molecule has 1 N–H and O–H groups in total. The molecule has 0 saturated heterocycles. The standard InChI is InChI=1S/C24H21N5O5S/c1-35(33,34)24(7-8-24)14-29-19(30)13-28-20-17(6-9-26-21(20)29)10-18(23(28)32)22(31)27-12-16-4-2-15(11-25)3-5-16/h2-6,9-10H,7-8,12-14H2,1H3,(H,27,31). The number of nitriles is 1. The monoisotopic (exact) mass is 491 g/mol. The fourth-order valence-corrected chi connectivity index (χ4v) is 5.58. The van der Waals surface area contributed by atoms with Crippen LogP contribution in [0.3, 0.4) is 0 Å². The van der Waals surface area contributed by atoms with E-state index in [0.717, 1.165) is 5.56 Å². The Morgan fingerprint density at radius 2 is 1.91 bits per heavy atom. The van der Waals surface area contributed by atoms with Crippen LogP contribution in [0.1, 0.15) is 34.3 Å². The van der Waals surface area contributed by atoms with Gasteiger partial charge in [0, 0.05) is 30.9 Å². The van der Waals surface area contributed by atoms with E-state index in [1.807, 2.05) is 6.07 Å². The molecule has 178 valence electrons. The number of nitrogens with zero attached hydrogens (tertiary/aromatic N) is 4. The predicted molar refractivity (Wildman–Crippen MR) is 127 cm³/mol. The topological polar surface area (TPSA) is 142 Å². The van der Waals surface area contributed by atoms with E-state index in [1.54, 1.807) is 30.3 Å². The number of carbonyl (C=O) groups is 2. The fraction of sp³-hybridized carbons (Fsp3) is 0.292. The Hall–Kier alpha value is -4.04. The number of rotatable bonds is 6. The Balaban J connectivity index is 1.48. The molecule has 1 aromatic carbocycles. The normalized spacial score (nSPS) is 16.1. The second-order valence-corrected chi connectivity index (χ2v) is 11.4. The Bertz CT molecular complexity index is 1600. The molecule has 11 heteroatoms. The van der Waals surface area contributed by atoms with Gasteiger partial charge in [0.05, 0.1) is 21.9 Å². The number of hydrogen-bond acceptors (Lipinski definition) is 7. The lowest BCUT2D eigenvalue weighted by Crippen LogP contribution is -2.48. The molecular weight excluding hydrogens is 470 g/mol. The Morgan fingerprint density at radius 1 is 1.20 bits per heavy atom. The molecule has 0 radical (unpaired) electrons. The highest BCUT2D eigenvalue weighted by molar-refractivity contribution is 7.92. The number of carbonyl (C=O) groups excluding carboxylic acids is 2. The van der Waals surface area contributed by atoms with Crippen LogP contribution in [0.4, 0.5) is 5.82 Å². The minimum Gasteiger partial charge on any atom is -0.348 e. The highest BCUT2D eigenvalue weighted by Crippen LogP contribution is 2.45. The number of nitrogens with one attached hydrogen (secondary N) is 1. The molecule has 10 nitrogen and oxygen atoms in total. The molecule has 5 rings (SSSR count). The molecule has 0 atom stereocenters. The molecule has 1 aliphatic heterocycles. The molecule has 2 aliphatic rings. The summed E-state index contributed by atoms with van der Waals surface area (Å²) in [5.41, 5.74) is 0.918. The Labute approximate surface area is 200 Å². The smallest absolute Gasteiger partial charge is 0.264 e. The van der Waals surface area contributed by atoms with Gasteiger partial charge in [-0.05, 0) is 42.7 Å². The second-order valence-electron chi connectivity index (χ2n) is 8.95. The maximum absolute atomic E-state index is 13.2. The summed E-state index contributed by atoms with van der Waals surface area (Å²) in [6, 6.07) is 11.8. The van der Waals surface area contributed by atoms with E-state index in [-0.39, 0.29) is 31.0 Å². The predicted octanol–water partition coefficient (Wildman–Crippen LogP) is 1.12. The molecule has 3 aromatic rings. The maximum Gasteiger partial charge on any atom is 0.264 e. The molecule has 0 unspecified atom stereocenters. The van der Waals surface area contributed by atoms with Gasteiger partial charge in [0.2, 0.25) is 5.91 Å². The van der Waals surface area contributed by atoms with Gasteiger partial charge in [-0.25, -0.2) is 13.4 Å². The minimum absolute atomic E-state index is 0.0161. The van der Waals surface area contributed by atoms with E-state index in [9.17, 15) is 22.8 Å². The first kappa shape index (κ1) is 22.7. The van der Waals surface area contributed by atoms with Crippen LogP contribution < -0.4 is 15.8 Å². The number of benzene rings is 1. The summed E-state index contributed by atoms with van der Waals surface area (Å²) < 4.78 is 24.8. The minimum atomic E-state index is -3.38. The first-order valence-electron chi connectivity index (χ1n) is 10.9. The molecule has 35 heavy (non-hydrogen) atoms. The zero-order valence-electron chi connectivity index (χ0n) is 18.8. The van der Waals surface area contributed by atoms with Gasteiger partial charge in [-0.2, -0.15) is 5.26 Å². The van der Waals surface area contributed by atoms with Crippen molar-refractivity contribution in [3.8, 4) is 6.07 Å². The average molecular weight is 492 g/mol. The molecule has 0 bridgehead atoms. The van der Waals surface area contributed by atoms with Crippen molar-refractivity contribution in [2.75, 3.05) is 17.7 Å². The third-order valence-electron chi connectivity index (χ3n) is 6.65. The zero-order valence-corrected chi connectivity index (χ0v) is 19.6. The van der Waals surface area contributed by atoms with E-state index in [2.05, 4.69) is 10.3 Å². The number of sulfone groups is 1. The molecule has 3 heterocycles. The van der Waals surface area contributed by atoms with Crippen molar-refractivity contribution < 1.29 is 18.0 Å². The van der Waals surface area contributed by atoms with Gasteiger partial charge >= 0.3 is 0 Å². The number of hydrogen-bond donors (Lipinski definition) is 1. The molecule has 0 spiro atoms. The summed E-state index contributed by atoms with van der Waals surface area (Å²) in [6.45, 7) is -0.174. The van der Waals surface area contributed by atoms with Crippen molar-refractivity contribution in [3.05, 3.63) is 69.6 Å². The molecule has 2 amide bonds. The number of aromatic nitrogens is 2. The van der Waals surface area contributed by atoms with Gasteiger partial charge in [-0.15, -0.1) is 0 Å². The van der Waals surface area contributed by atoms with Crippen LogP contribution >= 0.6 is 0 Å². The van der Waals surface area contributed by atoms with Gasteiger partial charge in [0.15, 0.2) is 15.7 Å². The van der Waals surface area contributed by atoms with Crippen LogP contribution in [0.25, 0.3) is 10.9 Å². The molecular formula is C24H21N5O5S. The third-order valence-corrected chi connectivity index (χ3v) is 8.76. The summed E-state index contributed by atoms with van der Waals surface area (Å²) >= 11 is 0. The van der Waals surface area contributed by atoms with E-state index in [0.29, 0.717) is 29.3 Å². The van der Waals surface area contributed by atoms with Crippen molar-refractivity contribution in [2.24, 2.45) is 0 Å². The molecule has 2 aromatic heterocycles. The van der Waals surface area contributed by atoms with Crippen LogP contribution in [0, 0.1) is 11.3 Å². The molecule has 1 aliphatic carbocycles. The lowest BCUT2D eigenvalue weighted by molar-refractivity contribution is -0.119. The fourth-order valence-electron chi connectivity index (χ4n) is 4.38. The Kier molecular flexibility index (Phi) is 5.21. The largest absolute Gasteiger partial charge is 0.348 e. The van der Waals surface area contributed by atoms with Gasteiger partial charge in [-0.3, -0.25) is 23.9 Å². The lowest BCUT2D eigenvalue weighted by atomic mass is 10.1. The van der Waals surface area contributed by atoms with Crippen LogP contribution in [0.2, 0.25) is 0 Å². The van der Waals surface area contributed by atoms with Gasteiger partial charge in [0.25, 0.3) is 11.5 Å². The van der Waals surface area contributed by atoms with Crippen molar-refractivity contribution in [1.82, 2.24) is 14.9 Å². The summed E-state index contributed by atoms with van der Waals surface area (Å²) in [6.07, 6.45) is 3.58. The lowest BCUT2D eigenvalue weighted by Gasteiger charge is -2.31. The van der Waals surface area contributed by atoms with Crippen molar-refractivity contribution in [2.45, 2.75) is 30.7 Å². The average Bonchev–Trinajstić information content (AvgIpc) is 3.63. The van der Waals surface area contributed by atoms with Crippen molar-refractivity contribution in [1.29, 1.82) is 5.26 Å². The third kappa shape index (κ3) is 3.85. The van der Waals surface area contributed by atoms with E-state index >= 15 is 0 Å². The first-order chi connectivity index (χ1) is 16.6. The van der Waals surface area contributed by atoms with Crippen molar-refractivity contribution in [3.63, 3.8) is 0 Å². The summed E-state index contributed by atoms with van der Waals surface area (Å²) in [4.78, 5) is 44.8. The number of pyridine rings is 2. The summed E-state index contributed by atoms with van der Waals surface area (Å²) in [7, 11) is -3.38. The van der Waals surface area contributed by atoms with Gasteiger partial charge < -0.3 is 5.32 Å². The van der Waals surface area contributed by atoms with Gasteiger partial charge in [-0.1, -0.05) is 12.1 Å². The number of anilines is 1. The van der Waals surface area contributed by atoms with E-state index < -0.39 is 32.0 Å². The second kappa shape index (κ2) is 8.02. The zero-order chi connectivity index (χ0) is 25.0. The summed E-state index contributed by atoms with van der Waals surface area (Å²) in [5, 5.41) is 12.1. The van der Waals surface area contributed by atoms with Gasteiger partial charge in [0.1, 0.15) is 12.1 Å². The summed E-state index contributed by atoms with van der Waals surface area (Å²) in [5.74, 6) is -0.827. The van der Waals surface area contributed by atoms with E-state index in [4.69, 9.17) is 5.26 Å². The maximum atomic E-state index is 13.2. The molecule has 1 fully saturated rings. The van der Waals surface area contributed by atoms with Crippen LogP contribution in [-0.2, 0) is 27.7 Å². The van der Waals surface area contributed by atoms with E-state index in [1.165, 1.54) is 28.0 Å². The highest BCUT2D eigenvalue weighted by atomic mass is 32.2.